The Labute approximate surface area is 150 Å². The summed E-state index contributed by atoms with van der Waals surface area (Å²) in [5, 5.41) is 4.58. The number of carbonyl (C=O) groups is 1. The van der Waals surface area contributed by atoms with Crippen LogP contribution in [0, 0.1) is 6.92 Å². The minimum absolute atomic E-state index is 0.0166. The number of hydrogen-bond acceptors (Lipinski definition) is 5. The molecule has 2 aromatic heterocycles. The number of amides is 1. The van der Waals surface area contributed by atoms with E-state index in [-0.39, 0.29) is 17.7 Å². The van der Waals surface area contributed by atoms with Crippen LogP contribution >= 0.6 is 27.3 Å². The van der Waals surface area contributed by atoms with Gasteiger partial charge in [-0.15, -0.1) is 11.3 Å². The van der Waals surface area contributed by atoms with E-state index < -0.39 is 5.91 Å². The highest BCUT2D eigenvalue weighted by Gasteiger charge is 2.15. The summed E-state index contributed by atoms with van der Waals surface area (Å²) in [6, 6.07) is 5.52. The fraction of sp³-hybridized carbons (Fsp3) is 0.188. The van der Waals surface area contributed by atoms with E-state index in [1.165, 1.54) is 21.9 Å². The van der Waals surface area contributed by atoms with Crippen molar-refractivity contribution in [3.05, 3.63) is 61.4 Å². The molecule has 0 saturated heterocycles. The van der Waals surface area contributed by atoms with Gasteiger partial charge in [0, 0.05) is 33.9 Å². The van der Waals surface area contributed by atoms with Gasteiger partial charge in [0.1, 0.15) is 11.3 Å². The van der Waals surface area contributed by atoms with Crippen molar-refractivity contribution in [2.24, 2.45) is 0 Å². The predicted molar refractivity (Wildman–Crippen MR) is 95.9 cm³/mol. The van der Waals surface area contributed by atoms with Crippen LogP contribution in [0.4, 0.5) is 0 Å². The van der Waals surface area contributed by atoms with Gasteiger partial charge in [-0.05, 0) is 25.1 Å². The van der Waals surface area contributed by atoms with E-state index in [4.69, 9.17) is 4.74 Å². The SMILES string of the molecule is COc1ccc(Br)cc1CNC(=O)c1cnc2scc(C)n2c1=O. The van der Waals surface area contributed by atoms with E-state index in [0.717, 1.165) is 15.7 Å². The number of hydrogen-bond donors (Lipinski definition) is 1. The number of nitrogens with zero attached hydrogens (tertiary/aromatic N) is 2. The van der Waals surface area contributed by atoms with Crippen LogP contribution in [0.3, 0.4) is 0 Å². The topological polar surface area (TPSA) is 72.7 Å². The molecule has 1 aromatic carbocycles. The number of rotatable bonds is 4. The Morgan fingerprint density at radius 3 is 3.00 bits per heavy atom. The number of methoxy groups -OCH3 is 1. The third kappa shape index (κ3) is 3.07. The van der Waals surface area contributed by atoms with Crippen LogP contribution in [-0.4, -0.2) is 22.4 Å². The number of aryl methyl sites for hydroxylation is 1. The van der Waals surface area contributed by atoms with E-state index in [1.54, 1.807) is 14.0 Å². The summed E-state index contributed by atoms with van der Waals surface area (Å²) in [5.74, 6) is 0.201. The molecule has 124 valence electrons. The second kappa shape index (κ2) is 6.74. The van der Waals surface area contributed by atoms with Gasteiger partial charge >= 0.3 is 0 Å². The van der Waals surface area contributed by atoms with Crippen molar-refractivity contribution in [1.29, 1.82) is 0 Å². The van der Waals surface area contributed by atoms with E-state index in [9.17, 15) is 9.59 Å². The Kier molecular flexibility index (Phi) is 4.68. The summed E-state index contributed by atoms with van der Waals surface area (Å²) >= 11 is 4.75. The maximum Gasteiger partial charge on any atom is 0.271 e. The molecule has 0 spiro atoms. The smallest absolute Gasteiger partial charge is 0.271 e. The molecule has 1 amide bonds. The van der Waals surface area contributed by atoms with Crippen LogP contribution in [-0.2, 0) is 6.54 Å². The number of aromatic nitrogens is 2. The molecule has 2 heterocycles. The first kappa shape index (κ1) is 16.7. The molecular formula is C16H14BrN3O3S. The average Bonchev–Trinajstić information content (AvgIpc) is 2.95. The van der Waals surface area contributed by atoms with Gasteiger partial charge in [0.25, 0.3) is 11.5 Å². The molecule has 0 fully saturated rings. The first-order chi connectivity index (χ1) is 11.5. The van der Waals surface area contributed by atoms with Crippen molar-refractivity contribution in [2.45, 2.75) is 13.5 Å². The van der Waals surface area contributed by atoms with Crippen molar-refractivity contribution in [3.63, 3.8) is 0 Å². The van der Waals surface area contributed by atoms with Crippen LogP contribution in [0.1, 0.15) is 21.6 Å². The fourth-order valence-corrected chi connectivity index (χ4v) is 3.57. The van der Waals surface area contributed by atoms with E-state index in [0.29, 0.717) is 10.7 Å². The summed E-state index contributed by atoms with van der Waals surface area (Å²) in [4.78, 5) is 29.6. The number of fused-ring (bicyclic) bond motifs is 1. The monoisotopic (exact) mass is 407 g/mol. The number of carbonyl (C=O) groups excluding carboxylic acids is 1. The first-order valence-corrected chi connectivity index (χ1v) is 8.75. The Morgan fingerprint density at radius 2 is 2.25 bits per heavy atom. The Bertz CT molecular complexity index is 980. The zero-order valence-electron chi connectivity index (χ0n) is 13.0. The molecule has 0 aliphatic carbocycles. The van der Waals surface area contributed by atoms with Gasteiger partial charge < -0.3 is 10.1 Å². The quantitative estimate of drug-likeness (QED) is 0.721. The highest BCUT2D eigenvalue weighted by Crippen LogP contribution is 2.22. The highest BCUT2D eigenvalue weighted by atomic mass is 79.9. The Morgan fingerprint density at radius 1 is 1.46 bits per heavy atom. The van der Waals surface area contributed by atoms with Crippen molar-refractivity contribution in [3.8, 4) is 5.75 Å². The lowest BCUT2D eigenvalue weighted by Crippen LogP contribution is -2.31. The van der Waals surface area contributed by atoms with Crippen LogP contribution < -0.4 is 15.6 Å². The molecule has 0 aliphatic heterocycles. The first-order valence-electron chi connectivity index (χ1n) is 7.07. The molecular weight excluding hydrogens is 394 g/mol. The molecule has 24 heavy (non-hydrogen) atoms. The second-order valence-corrected chi connectivity index (χ2v) is 6.86. The van der Waals surface area contributed by atoms with Crippen LogP contribution in [0.5, 0.6) is 5.75 Å². The molecule has 0 aliphatic rings. The summed E-state index contributed by atoms with van der Waals surface area (Å²) in [7, 11) is 1.57. The van der Waals surface area contributed by atoms with Gasteiger partial charge in [-0.1, -0.05) is 15.9 Å². The molecule has 0 bridgehead atoms. The van der Waals surface area contributed by atoms with Crippen LogP contribution in [0.2, 0.25) is 0 Å². The van der Waals surface area contributed by atoms with Crippen molar-refractivity contribution in [1.82, 2.24) is 14.7 Å². The van der Waals surface area contributed by atoms with Crippen molar-refractivity contribution >= 4 is 38.1 Å². The van der Waals surface area contributed by atoms with Gasteiger partial charge in [0.15, 0.2) is 4.96 Å². The molecule has 3 rings (SSSR count). The zero-order valence-corrected chi connectivity index (χ0v) is 15.4. The van der Waals surface area contributed by atoms with Crippen LogP contribution in [0.15, 0.2) is 39.0 Å². The highest BCUT2D eigenvalue weighted by molar-refractivity contribution is 9.10. The van der Waals surface area contributed by atoms with Crippen LogP contribution in [0.25, 0.3) is 4.96 Å². The van der Waals surface area contributed by atoms with Crippen molar-refractivity contribution in [2.75, 3.05) is 7.11 Å². The van der Waals surface area contributed by atoms with Crippen molar-refractivity contribution < 1.29 is 9.53 Å². The summed E-state index contributed by atoms with van der Waals surface area (Å²) in [6.07, 6.45) is 1.32. The maximum atomic E-state index is 12.5. The lowest BCUT2D eigenvalue weighted by atomic mass is 10.2. The second-order valence-electron chi connectivity index (χ2n) is 5.11. The van der Waals surface area contributed by atoms with Gasteiger partial charge in [-0.2, -0.15) is 0 Å². The lowest BCUT2D eigenvalue weighted by Gasteiger charge is -2.10. The van der Waals surface area contributed by atoms with E-state index in [1.807, 2.05) is 23.6 Å². The number of thiazole rings is 1. The number of halogens is 1. The molecule has 0 radical (unpaired) electrons. The molecule has 1 N–H and O–H groups in total. The number of ether oxygens (including phenoxy) is 1. The fourth-order valence-electron chi connectivity index (χ4n) is 2.34. The minimum Gasteiger partial charge on any atom is -0.496 e. The lowest BCUT2D eigenvalue weighted by molar-refractivity contribution is 0.0948. The average molecular weight is 408 g/mol. The van der Waals surface area contributed by atoms with E-state index >= 15 is 0 Å². The van der Waals surface area contributed by atoms with E-state index in [2.05, 4.69) is 26.2 Å². The van der Waals surface area contributed by atoms with Gasteiger partial charge in [0.2, 0.25) is 0 Å². The maximum absolute atomic E-state index is 12.5. The van der Waals surface area contributed by atoms with Gasteiger partial charge in [-0.3, -0.25) is 14.0 Å². The van der Waals surface area contributed by atoms with Gasteiger partial charge in [0.05, 0.1) is 7.11 Å². The Balaban J connectivity index is 1.86. The number of nitrogens with one attached hydrogen (secondary N) is 1. The molecule has 0 atom stereocenters. The molecule has 3 aromatic rings. The standard InChI is InChI=1S/C16H14BrN3O3S/c1-9-8-24-16-19-7-12(15(22)20(9)16)14(21)18-6-10-5-11(17)3-4-13(10)23-2/h3-5,7-8H,6H2,1-2H3,(H,18,21). The summed E-state index contributed by atoms with van der Waals surface area (Å²) in [6.45, 7) is 2.05. The van der Waals surface area contributed by atoms with Gasteiger partial charge in [-0.25, -0.2) is 4.98 Å². The normalized spacial score (nSPS) is 10.8. The predicted octanol–water partition coefficient (Wildman–Crippen LogP) is 2.77. The zero-order chi connectivity index (χ0) is 17.3. The molecule has 8 heteroatoms. The third-order valence-corrected chi connectivity index (χ3v) is 4.99. The third-order valence-electron chi connectivity index (χ3n) is 3.54. The largest absolute Gasteiger partial charge is 0.496 e. The summed E-state index contributed by atoms with van der Waals surface area (Å²) < 4.78 is 7.60. The Hall–Kier alpha value is -2.19. The molecule has 0 saturated carbocycles. The molecule has 6 nitrogen and oxygen atoms in total. The number of benzene rings is 1. The summed E-state index contributed by atoms with van der Waals surface area (Å²) in [5.41, 5.74) is 1.22. The molecule has 0 unspecified atom stereocenters. The minimum atomic E-state index is -0.463.